The van der Waals surface area contributed by atoms with Crippen LogP contribution in [0.1, 0.15) is 37.7 Å². The number of benzene rings is 1. The number of rotatable bonds is 3. The lowest BCUT2D eigenvalue weighted by molar-refractivity contribution is -0.137. The number of hydrogen-bond acceptors (Lipinski definition) is 3. The fourth-order valence-corrected chi connectivity index (χ4v) is 3.65. The summed E-state index contributed by atoms with van der Waals surface area (Å²) in [4.78, 5) is 11.1. The number of aliphatic carboxylic acids is 1. The molecule has 0 saturated heterocycles. The Morgan fingerprint density at radius 3 is 2.52 bits per heavy atom. The summed E-state index contributed by atoms with van der Waals surface area (Å²) >= 11 is 3.56. The van der Waals surface area contributed by atoms with E-state index in [0.717, 1.165) is 47.2 Å². The molecule has 2 aliphatic carbocycles. The topological polar surface area (TPSA) is 55.8 Å². The van der Waals surface area contributed by atoms with Crippen molar-refractivity contribution in [2.45, 2.75) is 37.5 Å². The van der Waals surface area contributed by atoms with Gasteiger partial charge < -0.3 is 14.6 Å². The van der Waals surface area contributed by atoms with Crippen LogP contribution in [0.3, 0.4) is 0 Å². The zero-order valence-corrected chi connectivity index (χ0v) is 13.2. The van der Waals surface area contributed by atoms with Crippen LogP contribution in [0.4, 0.5) is 0 Å². The third-order valence-corrected chi connectivity index (χ3v) is 5.57. The predicted octanol–water partition coefficient (Wildman–Crippen LogP) is 3.51. The van der Waals surface area contributed by atoms with Crippen LogP contribution in [0.5, 0.6) is 11.5 Å². The van der Waals surface area contributed by atoms with Gasteiger partial charge in [0.2, 0.25) is 0 Å². The quantitative estimate of drug-likeness (QED) is 0.904. The summed E-state index contributed by atoms with van der Waals surface area (Å²) in [6, 6.07) is 3.99. The summed E-state index contributed by atoms with van der Waals surface area (Å²) in [6.07, 6.45) is 4.36. The second-order valence-corrected chi connectivity index (χ2v) is 7.57. The first-order valence-electron chi connectivity index (χ1n) is 7.34. The van der Waals surface area contributed by atoms with Gasteiger partial charge in [-0.3, -0.25) is 4.79 Å². The molecule has 1 aromatic carbocycles. The number of fused-ring (bicyclic) bond motifs is 1. The van der Waals surface area contributed by atoms with E-state index in [-0.39, 0.29) is 17.3 Å². The number of halogens is 1. The third-order valence-electron chi connectivity index (χ3n) is 4.98. The van der Waals surface area contributed by atoms with Gasteiger partial charge in [-0.1, -0.05) is 0 Å². The van der Waals surface area contributed by atoms with Crippen molar-refractivity contribution in [2.75, 3.05) is 13.2 Å². The second kappa shape index (κ2) is 4.38. The molecule has 21 heavy (non-hydrogen) atoms. The molecule has 0 bridgehead atoms. The van der Waals surface area contributed by atoms with Gasteiger partial charge in [-0.05, 0) is 59.3 Å². The molecule has 0 unspecified atom stereocenters. The first kappa shape index (κ1) is 13.4. The van der Waals surface area contributed by atoms with Crippen LogP contribution >= 0.6 is 15.9 Å². The Morgan fingerprint density at radius 1 is 1.19 bits per heavy atom. The van der Waals surface area contributed by atoms with E-state index in [1.807, 2.05) is 12.1 Å². The Bertz CT molecular complexity index is 617. The van der Waals surface area contributed by atoms with Gasteiger partial charge in [-0.25, -0.2) is 0 Å². The van der Waals surface area contributed by atoms with Crippen LogP contribution in [0.2, 0.25) is 0 Å². The van der Waals surface area contributed by atoms with Crippen molar-refractivity contribution in [1.29, 1.82) is 0 Å². The molecular formula is C16H17BrO4. The molecule has 1 heterocycles. The molecular weight excluding hydrogens is 336 g/mol. The Balaban J connectivity index is 1.68. The molecule has 1 aliphatic heterocycles. The fraction of sp³-hybridized carbons (Fsp3) is 0.562. The van der Waals surface area contributed by atoms with Crippen molar-refractivity contribution < 1.29 is 19.4 Å². The summed E-state index contributed by atoms with van der Waals surface area (Å²) in [6.45, 7) is 1.40. The van der Waals surface area contributed by atoms with E-state index in [1.54, 1.807) is 0 Å². The number of carboxylic acid groups (broad SMARTS) is 1. The maximum atomic E-state index is 11.1. The Labute approximate surface area is 131 Å². The highest BCUT2D eigenvalue weighted by atomic mass is 79.9. The van der Waals surface area contributed by atoms with Gasteiger partial charge in [0.15, 0.2) is 11.5 Å². The standard InChI is InChI=1S/C16H17BrO4/c17-11-5-10(16(3-4-16)7-13(18)19)6-12-14(11)21-9-15(1-2-15)8-20-12/h5-6H,1-4,7-9H2,(H,18,19). The minimum atomic E-state index is -0.743. The number of carbonyl (C=O) groups is 1. The van der Waals surface area contributed by atoms with Crippen molar-refractivity contribution in [3.05, 3.63) is 22.2 Å². The lowest BCUT2D eigenvalue weighted by Crippen LogP contribution is -2.17. The van der Waals surface area contributed by atoms with Crippen molar-refractivity contribution in [1.82, 2.24) is 0 Å². The zero-order chi connectivity index (χ0) is 14.7. The maximum absolute atomic E-state index is 11.1. The normalized spacial score (nSPS) is 23.5. The SMILES string of the molecule is O=C(O)CC1(c2cc(Br)c3c(c2)OCC2(CC2)CO3)CC1. The van der Waals surface area contributed by atoms with Gasteiger partial charge in [0.25, 0.3) is 0 Å². The lowest BCUT2D eigenvalue weighted by atomic mass is 9.92. The van der Waals surface area contributed by atoms with Crippen LogP contribution < -0.4 is 9.47 Å². The van der Waals surface area contributed by atoms with Crippen LogP contribution in [0.15, 0.2) is 16.6 Å². The fourth-order valence-electron chi connectivity index (χ4n) is 3.09. The monoisotopic (exact) mass is 352 g/mol. The van der Waals surface area contributed by atoms with Crippen molar-refractivity contribution in [3.63, 3.8) is 0 Å². The lowest BCUT2D eigenvalue weighted by Gasteiger charge is -2.17. The summed E-state index contributed by atoms with van der Waals surface area (Å²) in [5.41, 5.74) is 1.04. The molecule has 1 spiro atoms. The molecule has 2 saturated carbocycles. The third kappa shape index (κ3) is 2.31. The molecule has 1 aromatic rings. The average Bonchev–Trinajstić information content (AvgIpc) is 3.31. The van der Waals surface area contributed by atoms with Gasteiger partial charge in [-0.2, -0.15) is 0 Å². The van der Waals surface area contributed by atoms with Gasteiger partial charge in [-0.15, -0.1) is 0 Å². The van der Waals surface area contributed by atoms with Crippen molar-refractivity contribution >= 4 is 21.9 Å². The summed E-state index contributed by atoms with van der Waals surface area (Å²) < 4.78 is 12.8. The summed E-state index contributed by atoms with van der Waals surface area (Å²) in [5, 5.41) is 9.11. The minimum Gasteiger partial charge on any atom is -0.489 e. The van der Waals surface area contributed by atoms with Gasteiger partial charge in [0.1, 0.15) is 0 Å². The Hall–Kier alpha value is -1.23. The number of hydrogen-bond donors (Lipinski definition) is 1. The van der Waals surface area contributed by atoms with Crippen molar-refractivity contribution in [2.24, 2.45) is 5.41 Å². The Kier molecular flexibility index (Phi) is 2.80. The summed E-state index contributed by atoms with van der Waals surface area (Å²) in [5.74, 6) is 0.765. The predicted molar refractivity (Wildman–Crippen MR) is 80.0 cm³/mol. The second-order valence-electron chi connectivity index (χ2n) is 6.71. The average molecular weight is 353 g/mol. The van der Waals surface area contributed by atoms with E-state index in [0.29, 0.717) is 13.2 Å². The van der Waals surface area contributed by atoms with Gasteiger partial charge in [0.05, 0.1) is 24.1 Å². The molecule has 1 N–H and O–H groups in total. The van der Waals surface area contributed by atoms with Crippen LogP contribution in [-0.2, 0) is 10.2 Å². The molecule has 0 radical (unpaired) electrons. The van der Waals surface area contributed by atoms with E-state index in [2.05, 4.69) is 15.9 Å². The highest BCUT2D eigenvalue weighted by Crippen LogP contribution is 2.55. The van der Waals surface area contributed by atoms with E-state index in [9.17, 15) is 4.79 Å². The molecule has 2 fully saturated rings. The molecule has 0 aromatic heterocycles. The number of ether oxygens (including phenoxy) is 2. The van der Waals surface area contributed by atoms with Gasteiger partial charge in [0, 0.05) is 10.8 Å². The first-order chi connectivity index (χ1) is 10.0. The Morgan fingerprint density at radius 2 is 1.90 bits per heavy atom. The minimum absolute atomic E-state index is 0.184. The van der Waals surface area contributed by atoms with E-state index in [1.165, 1.54) is 0 Å². The van der Waals surface area contributed by atoms with Gasteiger partial charge >= 0.3 is 5.97 Å². The van der Waals surface area contributed by atoms with Crippen LogP contribution in [-0.4, -0.2) is 24.3 Å². The molecule has 0 atom stereocenters. The van der Waals surface area contributed by atoms with Crippen molar-refractivity contribution in [3.8, 4) is 11.5 Å². The largest absolute Gasteiger partial charge is 0.489 e. The summed E-state index contributed by atoms with van der Waals surface area (Å²) in [7, 11) is 0. The van der Waals surface area contributed by atoms with Crippen LogP contribution in [0.25, 0.3) is 0 Å². The molecule has 0 amide bonds. The molecule has 4 nitrogen and oxygen atoms in total. The zero-order valence-electron chi connectivity index (χ0n) is 11.7. The van der Waals surface area contributed by atoms with Crippen LogP contribution in [0, 0.1) is 5.41 Å². The molecule has 112 valence electrons. The first-order valence-corrected chi connectivity index (χ1v) is 8.13. The highest BCUT2D eigenvalue weighted by molar-refractivity contribution is 9.10. The van der Waals surface area contributed by atoms with E-state index >= 15 is 0 Å². The number of carboxylic acids is 1. The smallest absolute Gasteiger partial charge is 0.304 e. The van der Waals surface area contributed by atoms with E-state index < -0.39 is 5.97 Å². The molecule has 3 aliphatic rings. The molecule has 4 rings (SSSR count). The maximum Gasteiger partial charge on any atom is 0.304 e. The molecule has 5 heteroatoms. The van der Waals surface area contributed by atoms with E-state index in [4.69, 9.17) is 14.6 Å². The highest BCUT2D eigenvalue weighted by Gasteiger charge is 2.48.